The van der Waals surface area contributed by atoms with Crippen molar-refractivity contribution in [3.8, 4) is 0 Å². The summed E-state index contributed by atoms with van der Waals surface area (Å²) in [4.78, 5) is 37.3. The van der Waals surface area contributed by atoms with Gasteiger partial charge < -0.3 is 10.2 Å². The van der Waals surface area contributed by atoms with E-state index in [0.29, 0.717) is 11.3 Å². The maximum atomic E-state index is 11.6. The third-order valence-corrected chi connectivity index (χ3v) is 3.79. The molecule has 0 aliphatic carbocycles. The van der Waals surface area contributed by atoms with Crippen LogP contribution in [0.5, 0.6) is 0 Å². The molecule has 0 aromatic heterocycles. The first kappa shape index (κ1) is 16.3. The fourth-order valence-electron chi connectivity index (χ4n) is 2.80. The zero-order chi connectivity index (χ0) is 17.3. The van der Waals surface area contributed by atoms with Gasteiger partial charge in [0.2, 0.25) is 0 Å². The van der Waals surface area contributed by atoms with Crippen LogP contribution in [0.3, 0.4) is 0 Å². The number of nitro groups is 1. The molecule has 8 nitrogen and oxygen atoms in total. The van der Waals surface area contributed by atoms with Gasteiger partial charge in [-0.25, -0.2) is 4.79 Å². The first-order valence-electron chi connectivity index (χ1n) is 6.70. The van der Waals surface area contributed by atoms with Crippen molar-refractivity contribution in [3.05, 3.63) is 51.2 Å². The van der Waals surface area contributed by atoms with Gasteiger partial charge in [0.25, 0.3) is 5.69 Å². The normalized spacial score (nSPS) is 20.9. The molecule has 1 aromatic carbocycles. The van der Waals surface area contributed by atoms with Gasteiger partial charge in [-0.15, -0.1) is 0 Å². The summed E-state index contributed by atoms with van der Waals surface area (Å²) in [5.74, 6) is -4.54. The van der Waals surface area contributed by atoms with E-state index in [0.717, 1.165) is 0 Å². The Balaban J connectivity index is 2.61. The first-order chi connectivity index (χ1) is 10.7. The van der Waals surface area contributed by atoms with Crippen molar-refractivity contribution in [2.45, 2.75) is 19.8 Å². The third-order valence-electron chi connectivity index (χ3n) is 3.79. The molecule has 0 amide bonds. The Hall–Kier alpha value is -3.03. The SMILES string of the molecule is CC1=NC(C)=C(C(=O)O)C(c2ccc([N+](=O)[O-])cc2)C1C(=O)O. The molecule has 1 heterocycles. The molecule has 0 spiro atoms. The summed E-state index contributed by atoms with van der Waals surface area (Å²) in [6.07, 6.45) is 0. The highest BCUT2D eigenvalue weighted by atomic mass is 16.6. The van der Waals surface area contributed by atoms with Crippen molar-refractivity contribution in [2.75, 3.05) is 0 Å². The number of nitro benzene ring substituents is 1. The van der Waals surface area contributed by atoms with Crippen molar-refractivity contribution in [2.24, 2.45) is 10.9 Å². The van der Waals surface area contributed by atoms with E-state index in [2.05, 4.69) is 4.99 Å². The Labute approximate surface area is 130 Å². The molecule has 0 bridgehead atoms. The molecule has 23 heavy (non-hydrogen) atoms. The van der Waals surface area contributed by atoms with Crippen molar-refractivity contribution in [1.29, 1.82) is 0 Å². The highest BCUT2D eigenvalue weighted by Gasteiger charge is 2.41. The van der Waals surface area contributed by atoms with Gasteiger partial charge in [-0.05, 0) is 19.4 Å². The van der Waals surface area contributed by atoms with Gasteiger partial charge in [0, 0.05) is 29.5 Å². The Morgan fingerprint density at radius 2 is 1.74 bits per heavy atom. The van der Waals surface area contributed by atoms with E-state index < -0.39 is 28.7 Å². The predicted molar refractivity (Wildman–Crippen MR) is 80.4 cm³/mol. The van der Waals surface area contributed by atoms with E-state index in [1.54, 1.807) is 0 Å². The van der Waals surface area contributed by atoms with Gasteiger partial charge in [-0.1, -0.05) is 12.1 Å². The monoisotopic (exact) mass is 318 g/mol. The number of benzene rings is 1. The number of nitrogens with zero attached hydrogens (tertiary/aromatic N) is 2. The number of carboxylic acid groups (broad SMARTS) is 2. The standard InChI is InChI=1S/C15H14N2O6/c1-7-11(14(18)19)13(12(15(20)21)8(2)16-7)9-3-5-10(6-4-9)17(22)23/h3-6,11,13H,1-2H3,(H,18,19)(H,20,21). The lowest BCUT2D eigenvalue weighted by molar-refractivity contribution is -0.384. The van der Waals surface area contributed by atoms with Crippen LogP contribution in [0.2, 0.25) is 0 Å². The second-order valence-corrected chi connectivity index (χ2v) is 5.20. The molecule has 1 aliphatic heterocycles. The van der Waals surface area contributed by atoms with Crippen molar-refractivity contribution in [1.82, 2.24) is 0 Å². The minimum absolute atomic E-state index is 0.114. The lowest BCUT2D eigenvalue weighted by Crippen LogP contribution is -2.34. The van der Waals surface area contributed by atoms with Gasteiger partial charge in [-0.3, -0.25) is 19.9 Å². The lowest BCUT2D eigenvalue weighted by Gasteiger charge is -2.29. The molecule has 8 heteroatoms. The number of allylic oxidation sites excluding steroid dienone is 1. The Morgan fingerprint density at radius 1 is 1.17 bits per heavy atom. The molecule has 2 atom stereocenters. The molecule has 0 fully saturated rings. The Kier molecular flexibility index (Phi) is 4.26. The summed E-state index contributed by atoms with van der Waals surface area (Å²) in [5, 5.41) is 29.6. The minimum atomic E-state index is -1.26. The van der Waals surface area contributed by atoms with Crippen LogP contribution in [0, 0.1) is 16.0 Å². The highest BCUT2D eigenvalue weighted by Crippen LogP contribution is 2.39. The Morgan fingerprint density at radius 3 is 2.17 bits per heavy atom. The fourth-order valence-corrected chi connectivity index (χ4v) is 2.80. The number of carboxylic acids is 2. The van der Waals surface area contributed by atoms with Crippen LogP contribution < -0.4 is 0 Å². The fraction of sp³-hybridized carbons (Fsp3) is 0.267. The first-order valence-corrected chi connectivity index (χ1v) is 6.70. The summed E-state index contributed by atoms with van der Waals surface area (Å²) < 4.78 is 0. The van der Waals surface area contributed by atoms with Crippen LogP contribution in [-0.4, -0.2) is 32.8 Å². The van der Waals surface area contributed by atoms with Crippen LogP contribution >= 0.6 is 0 Å². The highest BCUT2D eigenvalue weighted by molar-refractivity contribution is 6.06. The van der Waals surface area contributed by atoms with E-state index in [-0.39, 0.29) is 17.0 Å². The summed E-state index contributed by atoms with van der Waals surface area (Å²) in [7, 11) is 0. The molecular formula is C15H14N2O6. The average Bonchev–Trinajstić information content (AvgIpc) is 2.45. The van der Waals surface area contributed by atoms with Crippen LogP contribution in [0.1, 0.15) is 25.3 Å². The van der Waals surface area contributed by atoms with Crippen LogP contribution in [-0.2, 0) is 9.59 Å². The molecule has 2 N–H and O–H groups in total. The predicted octanol–water partition coefficient (Wildman–Crippen LogP) is 2.21. The van der Waals surface area contributed by atoms with E-state index >= 15 is 0 Å². The molecule has 0 saturated heterocycles. The number of hydrogen-bond acceptors (Lipinski definition) is 5. The molecular weight excluding hydrogens is 304 g/mol. The molecule has 1 aliphatic rings. The summed E-state index contributed by atoms with van der Waals surface area (Å²) in [6, 6.07) is 5.22. The van der Waals surface area contributed by atoms with Crippen LogP contribution in [0.4, 0.5) is 5.69 Å². The van der Waals surface area contributed by atoms with E-state index in [4.69, 9.17) is 0 Å². The number of rotatable bonds is 4. The van der Waals surface area contributed by atoms with Crippen molar-refractivity contribution < 1.29 is 24.7 Å². The topological polar surface area (TPSA) is 130 Å². The number of aliphatic imine (C=N–C) groups is 1. The van der Waals surface area contributed by atoms with Crippen LogP contribution in [0.25, 0.3) is 0 Å². The molecule has 1 aromatic rings. The quantitative estimate of drug-likeness (QED) is 0.646. The van der Waals surface area contributed by atoms with E-state index in [9.17, 15) is 29.9 Å². The van der Waals surface area contributed by atoms with Gasteiger partial charge in [0.15, 0.2) is 0 Å². The number of non-ortho nitro benzene ring substituents is 1. The summed E-state index contributed by atoms with van der Waals surface area (Å²) in [5.41, 5.74) is 0.643. The number of carbonyl (C=O) groups is 2. The molecule has 120 valence electrons. The molecule has 2 unspecified atom stereocenters. The molecule has 0 saturated carbocycles. The molecule has 0 radical (unpaired) electrons. The van der Waals surface area contributed by atoms with E-state index in [1.807, 2.05) is 0 Å². The zero-order valence-electron chi connectivity index (χ0n) is 12.4. The maximum Gasteiger partial charge on any atom is 0.334 e. The van der Waals surface area contributed by atoms with Crippen LogP contribution in [0.15, 0.2) is 40.5 Å². The smallest absolute Gasteiger partial charge is 0.334 e. The number of aliphatic carboxylic acids is 2. The average molecular weight is 318 g/mol. The number of hydrogen-bond donors (Lipinski definition) is 2. The zero-order valence-corrected chi connectivity index (χ0v) is 12.4. The van der Waals surface area contributed by atoms with Gasteiger partial charge >= 0.3 is 11.9 Å². The minimum Gasteiger partial charge on any atom is -0.481 e. The van der Waals surface area contributed by atoms with Gasteiger partial charge in [-0.2, -0.15) is 0 Å². The third kappa shape index (κ3) is 2.96. The van der Waals surface area contributed by atoms with Crippen molar-refractivity contribution >= 4 is 23.3 Å². The second kappa shape index (κ2) is 5.99. The summed E-state index contributed by atoms with van der Waals surface area (Å²) >= 11 is 0. The second-order valence-electron chi connectivity index (χ2n) is 5.20. The lowest BCUT2D eigenvalue weighted by atomic mass is 9.75. The molecule has 2 rings (SSSR count). The summed E-state index contributed by atoms with van der Waals surface area (Å²) in [6.45, 7) is 3.03. The Bertz CT molecular complexity index is 748. The largest absolute Gasteiger partial charge is 0.481 e. The van der Waals surface area contributed by atoms with Gasteiger partial charge in [0.05, 0.1) is 10.5 Å². The van der Waals surface area contributed by atoms with Crippen molar-refractivity contribution in [3.63, 3.8) is 0 Å². The maximum absolute atomic E-state index is 11.6. The van der Waals surface area contributed by atoms with Gasteiger partial charge in [0.1, 0.15) is 5.92 Å². The van der Waals surface area contributed by atoms with E-state index in [1.165, 1.54) is 38.1 Å².